The maximum absolute atomic E-state index is 13.1. The highest BCUT2D eigenvalue weighted by molar-refractivity contribution is 6.09. The molecular formula is C29H35N5O4. The number of aromatic hydroxyl groups is 1. The first-order chi connectivity index (χ1) is 18.1. The van der Waals surface area contributed by atoms with E-state index < -0.39 is 5.91 Å². The van der Waals surface area contributed by atoms with Crippen LogP contribution in [0.5, 0.6) is 5.75 Å². The topological polar surface area (TPSA) is 115 Å². The minimum absolute atomic E-state index is 0.0908. The van der Waals surface area contributed by atoms with Gasteiger partial charge in [-0.15, -0.1) is 0 Å². The molecule has 0 fully saturated rings. The summed E-state index contributed by atoms with van der Waals surface area (Å²) in [5.41, 5.74) is 2.12. The van der Waals surface area contributed by atoms with E-state index in [1.807, 2.05) is 26.8 Å². The van der Waals surface area contributed by atoms with Gasteiger partial charge in [0.1, 0.15) is 11.6 Å². The van der Waals surface area contributed by atoms with Crippen molar-refractivity contribution in [2.24, 2.45) is 5.92 Å². The molecule has 3 amide bonds. The van der Waals surface area contributed by atoms with Crippen molar-refractivity contribution in [1.29, 1.82) is 0 Å². The van der Waals surface area contributed by atoms with Crippen LogP contribution in [0, 0.1) is 12.8 Å². The zero-order valence-corrected chi connectivity index (χ0v) is 22.7. The van der Waals surface area contributed by atoms with Crippen LogP contribution in [0.4, 0.5) is 28.6 Å². The molecule has 0 saturated carbocycles. The molecule has 1 heterocycles. The van der Waals surface area contributed by atoms with Crippen molar-refractivity contribution in [1.82, 2.24) is 4.98 Å². The third-order valence-electron chi connectivity index (χ3n) is 6.11. The summed E-state index contributed by atoms with van der Waals surface area (Å²) >= 11 is 0. The van der Waals surface area contributed by atoms with Gasteiger partial charge < -0.3 is 20.6 Å². The van der Waals surface area contributed by atoms with Gasteiger partial charge in [0.25, 0.3) is 5.91 Å². The number of phenolic OH excluding ortho intramolecular Hbond substituents is 1. The zero-order chi connectivity index (χ0) is 28.0. The highest BCUT2D eigenvalue weighted by Gasteiger charge is 2.25. The fourth-order valence-electron chi connectivity index (χ4n) is 3.99. The molecule has 9 heteroatoms. The van der Waals surface area contributed by atoms with E-state index in [0.29, 0.717) is 16.9 Å². The van der Waals surface area contributed by atoms with E-state index in [4.69, 9.17) is 4.98 Å². The van der Waals surface area contributed by atoms with Crippen molar-refractivity contribution in [3.05, 3.63) is 65.9 Å². The number of anilines is 5. The number of hydrogen-bond acceptors (Lipinski definition) is 6. The number of pyridine rings is 1. The quantitative estimate of drug-likeness (QED) is 0.324. The van der Waals surface area contributed by atoms with Gasteiger partial charge in [-0.2, -0.15) is 0 Å². The molecule has 0 radical (unpaired) electrons. The average Bonchev–Trinajstić information content (AvgIpc) is 2.88. The number of nitrogens with zero attached hydrogens (tertiary/aromatic N) is 3. The average molecular weight is 518 g/mol. The molecule has 0 saturated heterocycles. The number of benzene rings is 2. The summed E-state index contributed by atoms with van der Waals surface area (Å²) in [6.45, 7) is 12.4. The fourth-order valence-corrected chi connectivity index (χ4v) is 3.99. The van der Waals surface area contributed by atoms with Gasteiger partial charge in [-0.1, -0.05) is 32.0 Å². The Labute approximate surface area is 223 Å². The van der Waals surface area contributed by atoms with Crippen LogP contribution in [0.3, 0.4) is 0 Å². The van der Waals surface area contributed by atoms with Gasteiger partial charge >= 0.3 is 0 Å². The minimum Gasteiger partial charge on any atom is -0.506 e. The smallest absolute Gasteiger partial charge is 0.255 e. The fraction of sp³-hybridized carbons (Fsp3) is 0.310. The number of carbonyl (C=O) groups is 3. The number of nitrogens with one attached hydrogen (secondary N) is 2. The lowest BCUT2D eigenvalue weighted by Gasteiger charge is -2.28. The Kier molecular flexibility index (Phi) is 9.07. The van der Waals surface area contributed by atoms with E-state index >= 15 is 0 Å². The van der Waals surface area contributed by atoms with Gasteiger partial charge in [0, 0.05) is 37.6 Å². The molecule has 0 spiro atoms. The molecule has 0 aliphatic carbocycles. The Hall–Kier alpha value is -4.40. The van der Waals surface area contributed by atoms with Crippen molar-refractivity contribution in [3.63, 3.8) is 0 Å². The van der Waals surface area contributed by atoms with Crippen molar-refractivity contribution in [2.45, 2.75) is 41.5 Å². The second-order valence-corrected chi connectivity index (χ2v) is 9.15. The van der Waals surface area contributed by atoms with Crippen LogP contribution < -0.4 is 20.4 Å². The zero-order valence-electron chi connectivity index (χ0n) is 22.7. The van der Waals surface area contributed by atoms with E-state index in [1.165, 1.54) is 24.0 Å². The van der Waals surface area contributed by atoms with E-state index in [-0.39, 0.29) is 40.5 Å². The highest BCUT2D eigenvalue weighted by atomic mass is 16.3. The largest absolute Gasteiger partial charge is 0.506 e. The number of amides is 3. The van der Waals surface area contributed by atoms with Gasteiger partial charge in [-0.05, 0) is 51.1 Å². The summed E-state index contributed by atoms with van der Waals surface area (Å²) in [6, 6.07) is 15.0. The van der Waals surface area contributed by atoms with E-state index in [1.54, 1.807) is 50.2 Å². The number of aromatic nitrogens is 1. The molecule has 3 rings (SSSR count). The Morgan fingerprint density at radius 2 is 1.58 bits per heavy atom. The van der Waals surface area contributed by atoms with Crippen molar-refractivity contribution in [2.75, 3.05) is 33.5 Å². The Bertz CT molecular complexity index is 1320. The van der Waals surface area contributed by atoms with Crippen LogP contribution in [-0.4, -0.2) is 40.9 Å². The summed E-state index contributed by atoms with van der Waals surface area (Å²) < 4.78 is 0. The van der Waals surface area contributed by atoms with Crippen molar-refractivity contribution in [3.8, 4) is 5.75 Å². The third-order valence-corrected chi connectivity index (χ3v) is 6.11. The number of aryl methyl sites for hydroxylation is 1. The predicted molar refractivity (Wildman–Crippen MR) is 151 cm³/mol. The van der Waals surface area contributed by atoms with Crippen LogP contribution in [-0.2, 0) is 9.59 Å². The standard InChI is InChI=1S/C29H35N5O4/c1-7-33(8-2)27-15-14-24(19(5)30-27)34(20(6)35)25-16-23(32-29(38)21-12-10-9-11-13-21)26(36)17-22(25)31-28(37)18(3)4/h9-18,36H,7-8H2,1-6H3,(H,31,37)(H,32,38). The third kappa shape index (κ3) is 6.29. The number of rotatable bonds is 9. The molecule has 200 valence electrons. The van der Waals surface area contributed by atoms with Crippen LogP contribution in [0.25, 0.3) is 0 Å². The second kappa shape index (κ2) is 12.2. The molecule has 1 aromatic heterocycles. The highest BCUT2D eigenvalue weighted by Crippen LogP contribution is 2.41. The maximum atomic E-state index is 13.1. The molecule has 3 N–H and O–H groups in total. The summed E-state index contributed by atoms with van der Waals surface area (Å²) in [5.74, 6) is -0.868. The second-order valence-electron chi connectivity index (χ2n) is 9.15. The normalized spacial score (nSPS) is 10.7. The number of carbonyl (C=O) groups excluding carboxylic acids is 3. The van der Waals surface area contributed by atoms with Crippen molar-refractivity contribution < 1.29 is 19.5 Å². The molecule has 3 aromatic rings. The molecule has 0 unspecified atom stereocenters. The lowest BCUT2D eigenvalue weighted by Crippen LogP contribution is -2.28. The first-order valence-electron chi connectivity index (χ1n) is 12.6. The molecular weight excluding hydrogens is 482 g/mol. The number of phenols is 1. The monoisotopic (exact) mass is 517 g/mol. The summed E-state index contributed by atoms with van der Waals surface area (Å²) in [7, 11) is 0. The van der Waals surface area contributed by atoms with Gasteiger partial charge in [0.05, 0.1) is 28.4 Å². The minimum atomic E-state index is -0.429. The lowest BCUT2D eigenvalue weighted by atomic mass is 10.1. The lowest BCUT2D eigenvalue weighted by molar-refractivity contribution is -0.119. The molecule has 38 heavy (non-hydrogen) atoms. The maximum Gasteiger partial charge on any atom is 0.255 e. The van der Waals surface area contributed by atoms with Gasteiger partial charge in [0.15, 0.2) is 0 Å². The van der Waals surface area contributed by atoms with Gasteiger partial charge in [0.2, 0.25) is 11.8 Å². The van der Waals surface area contributed by atoms with Gasteiger partial charge in [-0.25, -0.2) is 4.98 Å². The van der Waals surface area contributed by atoms with E-state index in [2.05, 4.69) is 15.5 Å². The molecule has 2 aromatic carbocycles. The Balaban J connectivity index is 2.15. The van der Waals surface area contributed by atoms with E-state index in [9.17, 15) is 19.5 Å². The number of hydrogen-bond donors (Lipinski definition) is 3. The van der Waals surface area contributed by atoms with Crippen LogP contribution in [0.15, 0.2) is 54.6 Å². The molecule has 0 aliphatic rings. The summed E-state index contributed by atoms with van der Waals surface area (Å²) in [6.07, 6.45) is 0. The predicted octanol–water partition coefficient (Wildman–Crippen LogP) is 5.47. The Morgan fingerprint density at radius 1 is 0.921 bits per heavy atom. The van der Waals surface area contributed by atoms with Crippen LogP contribution in [0.1, 0.15) is 50.7 Å². The van der Waals surface area contributed by atoms with Crippen LogP contribution >= 0.6 is 0 Å². The first-order valence-corrected chi connectivity index (χ1v) is 12.6. The first kappa shape index (κ1) is 28.2. The summed E-state index contributed by atoms with van der Waals surface area (Å²) in [4.78, 5) is 46.7. The molecule has 0 bridgehead atoms. The molecule has 9 nitrogen and oxygen atoms in total. The van der Waals surface area contributed by atoms with Gasteiger partial charge in [-0.3, -0.25) is 19.3 Å². The van der Waals surface area contributed by atoms with Crippen LogP contribution in [0.2, 0.25) is 0 Å². The van der Waals surface area contributed by atoms with Crippen molar-refractivity contribution >= 4 is 46.3 Å². The van der Waals surface area contributed by atoms with E-state index in [0.717, 1.165) is 18.9 Å². The summed E-state index contributed by atoms with van der Waals surface area (Å²) in [5, 5.41) is 16.3. The molecule has 0 aliphatic heterocycles. The Morgan fingerprint density at radius 3 is 2.13 bits per heavy atom. The molecule has 0 atom stereocenters. The SMILES string of the molecule is CCN(CC)c1ccc(N(C(C)=O)c2cc(NC(=O)c3ccccc3)c(O)cc2NC(=O)C(C)C)c(C)n1.